The summed E-state index contributed by atoms with van der Waals surface area (Å²) in [5.74, 6) is 0.836. The summed E-state index contributed by atoms with van der Waals surface area (Å²) in [6.45, 7) is 1.53. The molecule has 0 aliphatic carbocycles. The van der Waals surface area contributed by atoms with Crippen molar-refractivity contribution in [2.75, 3.05) is 13.1 Å². The molecule has 23 heavy (non-hydrogen) atoms. The molecule has 118 valence electrons. The fourth-order valence-electron chi connectivity index (χ4n) is 3.02. The van der Waals surface area contributed by atoms with Gasteiger partial charge in [-0.15, -0.1) is 11.3 Å². The molecule has 2 atom stereocenters. The van der Waals surface area contributed by atoms with Crippen LogP contribution in [-0.2, 0) is 0 Å². The number of imidazole rings is 1. The number of hydrogen-bond donors (Lipinski definition) is 2. The summed E-state index contributed by atoms with van der Waals surface area (Å²) in [4.78, 5) is 9.22. The van der Waals surface area contributed by atoms with Crippen molar-refractivity contribution in [2.24, 2.45) is 0 Å². The van der Waals surface area contributed by atoms with Gasteiger partial charge in [0.05, 0.1) is 17.8 Å². The number of β-amino-alcohol motifs (C(OH)–C–C–N with tert-alkyl or cyclic N) is 1. The SMILES string of the molecule is O[C@@H]1CNCC[C@H]1n1ccnc1-c1nc(-c2ccccc2)cs1. The van der Waals surface area contributed by atoms with Crippen LogP contribution in [0.2, 0.25) is 0 Å². The van der Waals surface area contributed by atoms with Crippen LogP contribution in [0.4, 0.5) is 0 Å². The van der Waals surface area contributed by atoms with Crippen LogP contribution >= 0.6 is 11.3 Å². The summed E-state index contributed by atoms with van der Waals surface area (Å²) in [7, 11) is 0. The van der Waals surface area contributed by atoms with E-state index in [0.29, 0.717) is 6.54 Å². The highest BCUT2D eigenvalue weighted by molar-refractivity contribution is 7.13. The summed E-state index contributed by atoms with van der Waals surface area (Å²) < 4.78 is 2.07. The highest BCUT2D eigenvalue weighted by Gasteiger charge is 2.27. The standard InChI is InChI=1S/C17H18N4OS/c22-15-10-18-7-6-14(15)21-9-8-19-16(21)17-20-13(11-23-17)12-4-2-1-3-5-12/h1-5,8-9,11,14-15,18,22H,6-7,10H2/t14-,15-/m1/s1. The maximum Gasteiger partial charge on any atom is 0.169 e. The van der Waals surface area contributed by atoms with Crippen LogP contribution in [0.25, 0.3) is 22.1 Å². The summed E-state index contributed by atoms with van der Waals surface area (Å²) in [5.41, 5.74) is 2.07. The molecule has 3 heterocycles. The third-order valence-electron chi connectivity index (χ3n) is 4.21. The van der Waals surface area contributed by atoms with E-state index < -0.39 is 6.10 Å². The molecule has 6 heteroatoms. The Kier molecular flexibility index (Phi) is 3.95. The molecule has 0 saturated carbocycles. The van der Waals surface area contributed by atoms with E-state index in [9.17, 15) is 5.11 Å². The number of thiazole rings is 1. The summed E-state index contributed by atoms with van der Waals surface area (Å²) in [5, 5.41) is 16.4. The molecule has 1 fully saturated rings. The Balaban J connectivity index is 1.67. The molecule has 0 radical (unpaired) electrons. The lowest BCUT2D eigenvalue weighted by Crippen LogP contribution is -2.41. The Morgan fingerprint density at radius 1 is 1.26 bits per heavy atom. The van der Waals surface area contributed by atoms with E-state index in [4.69, 9.17) is 4.98 Å². The Labute approximate surface area is 138 Å². The molecule has 1 aliphatic heterocycles. The number of hydrogen-bond acceptors (Lipinski definition) is 5. The minimum atomic E-state index is -0.398. The highest BCUT2D eigenvalue weighted by atomic mass is 32.1. The quantitative estimate of drug-likeness (QED) is 0.776. The molecule has 2 N–H and O–H groups in total. The van der Waals surface area contributed by atoms with E-state index in [1.807, 2.05) is 24.4 Å². The number of piperidine rings is 1. The number of benzene rings is 1. The van der Waals surface area contributed by atoms with Gasteiger partial charge >= 0.3 is 0 Å². The fraction of sp³-hybridized carbons (Fsp3) is 0.294. The lowest BCUT2D eigenvalue weighted by molar-refractivity contribution is 0.0880. The highest BCUT2D eigenvalue weighted by Crippen LogP contribution is 2.31. The van der Waals surface area contributed by atoms with E-state index in [1.165, 1.54) is 0 Å². The van der Waals surface area contributed by atoms with E-state index in [0.717, 1.165) is 35.1 Å². The number of rotatable bonds is 3. The van der Waals surface area contributed by atoms with Gasteiger partial charge in [0.15, 0.2) is 10.8 Å². The third-order valence-corrected chi connectivity index (χ3v) is 5.04. The monoisotopic (exact) mass is 326 g/mol. The van der Waals surface area contributed by atoms with Gasteiger partial charge in [-0.1, -0.05) is 30.3 Å². The Bertz CT molecular complexity index is 783. The van der Waals surface area contributed by atoms with Crippen molar-refractivity contribution in [2.45, 2.75) is 18.6 Å². The smallest absolute Gasteiger partial charge is 0.169 e. The molecular weight excluding hydrogens is 308 g/mol. The lowest BCUT2D eigenvalue weighted by Gasteiger charge is -2.30. The molecule has 0 unspecified atom stereocenters. The number of nitrogens with one attached hydrogen (secondary N) is 1. The van der Waals surface area contributed by atoms with Crippen LogP contribution in [0.5, 0.6) is 0 Å². The molecule has 0 bridgehead atoms. The zero-order valence-corrected chi connectivity index (χ0v) is 13.4. The fourth-order valence-corrected chi connectivity index (χ4v) is 3.84. The molecule has 1 aromatic carbocycles. The number of nitrogens with zero attached hydrogens (tertiary/aromatic N) is 3. The van der Waals surface area contributed by atoms with Gasteiger partial charge in [0.25, 0.3) is 0 Å². The number of aliphatic hydroxyl groups excluding tert-OH is 1. The van der Waals surface area contributed by atoms with Gasteiger partial charge in [-0.3, -0.25) is 0 Å². The van der Waals surface area contributed by atoms with E-state index in [-0.39, 0.29) is 6.04 Å². The zero-order chi connectivity index (χ0) is 15.6. The summed E-state index contributed by atoms with van der Waals surface area (Å²) >= 11 is 1.59. The van der Waals surface area contributed by atoms with Crippen LogP contribution in [0.15, 0.2) is 48.1 Å². The molecule has 1 aliphatic rings. The van der Waals surface area contributed by atoms with Gasteiger partial charge in [0.1, 0.15) is 0 Å². The van der Waals surface area contributed by atoms with Crippen LogP contribution in [0.3, 0.4) is 0 Å². The predicted octanol–water partition coefficient (Wildman–Crippen LogP) is 2.57. The van der Waals surface area contributed by atoms with Crippen LogP contribution in [0, 0.1) is 0 Å². The normalized spacial score (nSPS) is 21.4. The van der Waals surface area contributed by atoms with Gasteiger partial charge < -0.3 is 15.0 Å². The average Bonchev–Trinajstić information content (AvgIpc) is 3.25. The van der Waals surface area contributed by atoms with Gasteiger partial charge in [-0.05, 0) is 13.0 Å². The Morgan fingerprint density at radius 2 is 2.13 bits per heavy atom. The third kappa shape index (κ3) is 2.81. The van der Waals surface area contributed by atoms with Crippen molar-refractivity contribution < 1.29 is 5.11 Å². The first-order valence-corrected chi connectivity index (χ1v) is 8.64. The maximum absolute atomic E-state index is 10.3. The van der Waals surface area contributed by atoms with Gasteiger partial charge in [-0.2, -0.15) is 0 Å². The van der Waals surface area contributed by atoms with E-state index in [1.54, 1.807) is 17.5 Å². The number of aromatic nitrogens is 3. The second kappa shape index (κ2) is 6.23. The van der Waals surface area contributed by atoms with Gasteiger partial charge in [-0.25, -0.2) is 9.97 Å². The van der Waals surface area contributed by atoms with E-state index >= 15 is 0 Å². The first-order valence-electron chi connectivity index (χ1n) is 7.76. The maximum atomic E-state index is 10.3. The van der Waals surface area contributed by atoms with Crippen LogP contribution in [0.1, 0.15) is 12.5 Å². The molecule has 1 saturated heterocycles. The van der Waals surface area contributed by atoms with E-state index in [2.05, 4.69) is 32.4 Å². The van der Waals surface area contributed by atoms with Crippen molar-refractivity contribution in [3.63, 3.8) is 0 Å². The van der Waals surface area contributed by atoms with Crippen LogP contribution < -0.4 is 5.32 Å². The second-order valence-electron chi connectivity index (χ2n) is 5.69. The minimum Gasteiger partial charge on any atom is -0.390 e. The Morgan fingerprint density at radius 3 is 2.96 bits per heavy atom. The van der Waals surface area contributed by atoms with Crippen molar-refractivity contribution in [1.82, 2.24) is 19.9 Å². The van der Waals surface area contributed by atoms with Crippen LogP contribution in [-0.4, -0.2) is 38.8 Å². The number of aliphatic hydroxyl groups is 1. The van der Waals surface area contributed by atoms with Gasteiger partial charge in [0.2, 0.25) is 0 Å². The second-order valence-corrected chi connectivity index (χ2v) is 6.55. The molecule has 3 aromatic rings. The molecule has 0 amide bonds. The predicted molar refractivity (Wildman–Crippen MR) is 91.3 cm³/mol. The molecule has 5 nitrogen and oxygen atoms in total. The molecule has 4 rings (SSSR count). The van der Waals surface area contributed by atoms with Crippen molar-refractivity contribution in [3.05, 3.63) is 48.1 Å². The molecule has 2 aromatic heterocycles. The van der Waals surface area contributed by atoms with Gasteiger partial charge in [0, 0.05) is 29.9 Å². The molecular formula is C17H18N4OS. The molecule has 0 spiro atoms. The first-order chi connectivity index (χ1) is 11.3. The first kappa shape index (κ1) is 14.6. The topological polar surface area (TPSA) is 63.0 Å². The van der Waals surface area contributed by atoms with Crippen molar-refractivity contribution >= 4 is 11.3 Å². The average molecular weight is 326 g/mol. The minimum absolute atomic E-state index is 0.0535. The van der Waals surface area contributed by atoms with Crippen molar-refractivity contribution in [3.8, 4) is 22.1 Å². The summed E-state index contributed by atoms with van der Waals surface area (Å²) in [6, 6.07) is 10.2. The van der Waals surface area contributed by atoms with Crippen molar-refractivity contribution in [1.29, 1.82) is 0 Å². The summed E-state index contributed by atoms with van der Waals surface area (Å²) in [6.07, 6.45) is 4.22. The largest absolute Gasteiger partial charge is 0.390 e. The Hall–Kier alpha value is -2.02. The lowest BCUT2D eigenvalue weighted by atomic mass is 10.0. The zero-order valence-electron chi connectivity index (χ0n) is 12.6.